The van der Waals surface area contributed by atoms with E-state index < -0.39 is 17.4 Å². The number of piperazine rings is 1. The van der Waals surface area contributed by atoms with E-state index in [2.05, 4.69) is 9.89 Å². The van der Waals surface area contributed by atoms with E-state index in [9.17, 15) is 14.4 Å². The SMILES string of the molecule is NC(=O)C1(C(=O)N2CCC(N3CCN(C(=O)C(N)CCCCN=C(N)N)CC3)CC2)CCCC1. The van der Waals surface area contributed by atoms with Gasteiger partial charge in [-0.2, -0.15) is 0 Å². The lowest BCUT2D eigenvalue weighted by molar-refractivity contribution is -0.150. The van der Waals surface area contributed by atoms with Crippen molar-refractivity contribution in [3.8, 4) is 0 Å². The van der Waals surface area contributed by atoms with E-state index in [0.717, 1.165) is 51.6 Å². The summed E-state index contributed by atoms with van der Waals surface area (Å²) in [4.78, 5) is 48.0. The van der Waals surface area contributed by atoms with Crippen LogP contribution in [0.25, 0.3) is 0 Å². The number of nitrogens with two attached hydrogens (primary N) is 4. The summed E-state index contributed by atoms with van der Waals surface area (Å²) in [5.41, 5.74) is 21.4. The Hall–Kier alpha value is -2.40. The average molecular weight is 479 g/mol. The Bertz CT molecular complexity index is 747. The predicted octanol–water partition coefficient (Wildman–Crippen LogP) is -1.06. The van der Waals surface area contributed by atoms with Gasteiger partial charge in [-0.1, -0.05) is 12.8 Å². The quantitative estimate of drug-likeness (QED) is 0.141. The van der Waals surface area contributed by atoms with Crippen LogP contribution in [-0.4, -0.2) is 96.3 Å². The molecule has 11 heteroatoms. The minimum atomic E-state index is -0.984. The van der Waals surface area contributed by atoms with Crippen LogP contribution in [0.15, 0.2) is 4.99 Å². The van der Waals surface area contributed by atoms with Crippen LogP contribution >= 0.6 is 0 Å². The van der Waals surface area contributed by atoms with E-state index in [-0.39, 0.29) is 17.8 Å². The first-order chi connectivity index (χ1) is 16.2. The van der Waals surface area contributed by atoms with Gasteiger partial charge in [0.05, 0.1) is 6.04 Å². The van der Waals surface area contributed by atoms with Gasteiger partial charge in [-0.3, -0.25) is 24.3 Å². The molecule has 3 aliphatic rings. The van der Waals surface area contributed by atoms with Crippen LogP contribution in [0.4, 0.5) is 0 Å². The predicted molar refractivity (Wildman–Crippen MR) is 130 cm³/mol. The molecule has 2 aliphatic heterocycles. The number of carbonyl (C=O) groups excluding carboxylic acids is 3. The second-order valence-electron chi connectivity index (χ2n) is 9.95. The van der Waals surface area contributed by atoms with Gasteiger partial charge < -0.3 is 32.7 Å². The number of carbonyl (C=O) groups is 3. The van der Waals surface area contributed by atoms with Gasteiger partial charge in [-0.15, -0.1) is 0 Å². The van der Waals surface area contributed by atoms with Crippen molar-refractivity contribution in [1.29, 1.82) is 0 Å². The first kappa shape index (κ1) is 26.2. The summed E-state index contributed by atoms with van der Waals surface area (Å²) >= 11 is 0. The molecule has 3 rings (SSSR count). The molecule has 0 radical (unpaired) electrons. The summed E-state index contributed by atoms with van der Waals surface area (Å²) < 4.78 is 0. The van der Waals surface area contributed by atoms with Gasteiger partial charge in [0.1, 0.15) is 5.41 Å². The molecule has 0 spiro atoms. The summed E-state index contributed by atoms with van der Waals surface area (Å²) in [6.07, 6.45) is 6.91. The smallest absolute Gasteiger partial charge is 0.239 e. The second kappa shape index (κ2) is 11.8. The zero-order valence-corrected chi connectivity index (χ0v) is 20.3. The Morgan fingerprint density at radius 1 is 0.882 bits per heavy atom. The van der Waals surface area contributed by atoms with E-state index in [0.29, 0.717) is 58.0 Å². The van der Waals surface area contributed by atoms with Gasteiger partial charge >= 0.3 is 0 Å². The highest BCUT2D eigenvalue weighted by molar-refractivity contribution is 6.04. The van der Waals surface area contributed by atoms with Crippen molar-refractivity contribution in [1.82, 2.24) is 14.7 Å². The maximum atomic E-state index is 13.1. The largest absolute Gasteiger partial charge is 0.370 e. The zero-order chi connectivity index (χ0) is 24.7. The molecule has 2 heterocycles. The molecule has 0 aromatic carbocycles. The Morgan fingerprint density at radius 3 is 2.06 bits per heavy atom. The second-order valence-corrected chi connectivity index (χ2v) is 9.95. The van der Waals surface area contributed by atoms with Crippen LogP contribution in [0.2, 0.25) is 0 Å². The fourth-order valence-electron chi connectivity index (χ4n) is 5.63. The average Bonchev–Trinajstić information content (AvgIpc) is 3.34. The Labute approximate surface area is 202 Å². The monoisotopic (exact) mass is 478 g/mol. The molecule has 1 atom stereocenters. The first-order valence-corrected chi connectivity index (χ1v) is 12.7. The molecular formula is C23H42N8O3. The molecule has 1 saturated carbocycles. The number of likely N-dealkylation sites (tertiary alicyclic amines) is 1. The summed E-state index contributed by atoms with van der Waals surface area (Å²) in [7, 11) is 0. The maximum Gasteiger partial charge on any atom is 0.239 e. The Balaban J connectivity index is 1.39. The van der Waals surface area contributed by atoms with E-state index in [1.807, 2.05) is 9.80 Å². The number of primary amides is 1. The highest BCUT2D eigenvalue weighted by Gasteiger charge is 2.49. The lowest BCUT2D eigenvalue weighted by Crippen LogP contribution is -2.58. The molecule has 11 nitrogen and oxygen atoms in total. The van der Waals surface area contributed by atoms with Gasteiger partial charge in [-0.05, 0) is 44.9 Å². The third-order valence-corrected chi connectivity index (χ3v) is 7.77. The standard InChI is InChI=1S/C23H42N8O3/c24-18(5-1-4-10-28-22(26)27)19(32)30-15-13-29(14-16-30)17-6-11-31(12-7-17)21(34)23(20(25)33)8-2-3-9-23/h17-18H,1-16,24H2,(H2,25,33)(H4,26,27,28). The Kier molecular flexibility index (Phi) is 9.12. The minimum Gasteiger partial charge on any atom is -0.370 e. The van der Waals surface area contributed by atoms with Crippen molar-refractivity contribution in [3.05, 3.63) is 0 Å². The van der Waals surface area contributed by atoms with Crippen LogP contribution in [0.1, 0.15) is 57.8 Å². The van der Waals surface area contributed by atoms with Gasteiger partial charge in [0.2, 0.25) is 17.7 Å². The normalized spacial score (nSPS) is 22.4. The fourth-order valence-corrected chi connectivity index (χ4v) is 5.63. The third kappa shape index (κ3) is 6.18. The molecule has 0 aromatic heterocycles. The van der Waals surface area contributed by atoms with E-state index >= 15 is 0 Å². The first-order valence-electron chi connectivity index (χ1n) is 12.7. The van der Waals surface area contributed by atoms with Crippen LogP contribution in [0, 0.1) is 5.41 Å². The van der Waals surface area contributed by atoms with Crippen molar-refractivity contribution in [2.24, 2.45) is 33.3 Å². The summed E-state index contributed by atoms with van der Waals surface area (Å²) in [5.74, 6) is -0.447. The zero-order valence-electron chi connectivity index (χ0n) is 20.3. The number of guanidine groups is 1. The van der Waals surface area contributed by atoms with Gasteiger partial charge in [0, 0.05) is 51.9 Å². The molecule has 1 aliphatic carbocycles. The van der Waals surface area contributed by atoms with E-state index in [1.165, 1.54) is 0 Å². The number of hydrogen-bond acceptors (Lipinski definition) is 6. The van der Waals surface area contributed by atoms with Crippen LogP contribution < -0.4 is 22.9 Å². The molecule has 192 valence electrons. The van der Waals surface area contributed by atoms with Crippen molar-refractivity contribution in [2.45, 2.75) is 69.9 Å². The molecule has 1 unspecified atom stereocenters. The highest BCUT2D eigenvalue weighted by atomic mass is 16.2. The maximum absolute atomic E-state index is 13.1. The fraction of sp³-hybridized carbons (Fsp3) is 0.826. The molecule has 3 amide bonds. The molecule has 3 fully saturated rings. The molecule has 34 heavy (non-hydrogen) atoms. The van der Waals surface area contributed by atoms with Crippen molar-refractivity contribution < 1.29 is 14.4 Å². The number of hydrogen-bond donors (Lipinski definition) is 4. The van der Waals surface area contributed by atoms with Gasteiger partial charge in [-0.25, -0.2) is 0 Å². The molecule has 8 N–H and O–H groups in total. The Morgan fingerprint density at radius 2 is 1.50 bits per heavy atom. The number of rotatable bonds is 9. The number of amides is 3. The van der Waals surface area contributed by atoms with E-state index in [4.69, 9.17) is 22.9 Å². The van der Waals surface area contributed by atoms with Crippen LogP contribution in [0.5, 0.6) is 0 Å². The third-order valence-electron chi connectivity index (χ3n) is 7.77. The number of unbranched alkanes of at least 4 members (excludes halogenated alkanes) is 1. The van der Waals surface area contributed by atoms with Gasteiger partial charge in [0.15, 0.2) is 5.96 Å². The summed E-state index contributed by atoms with van der Waals surface area (Å²) in [5, 5.41) is 0. The molecule has 2 saturated heterocycles. The van der Waals surface area contributed by atoms with Crippen LogP contribution in [0.3, 0.4) is 0 Å². The lowest BCUT2D eigenvalue weighted by Gasteiger charge is -2.44. The van der Waals surface area contributed by atoms with E-state index in [1.54, 1.807) is 0 Å². The van der Waals surface area contributed by atoms with Crippen molar-refractivity contribution in [2.75, 3.05) is 45.8 Å². The topological polar surface area (TPSA) is 177 Å². The molecule has 0 bridgehead atoms. The van der Waals surface area contributed by atoms with Crippen LogP contribution in [-0.2, 0) is 14.4 Å². The highest BCUT2D eigenvalue weighted by Crippen LogP contribution is 2.40. The lowest BCUT2D eigenvalue weighted by atomic mass is 9.83. The summed E-state index contributed by atoms with van der Waals surface area (Å²) in [6, 6.07) is -0.105. The molecular weight excluding hydrogens is 436 g/mol. The van der Waals surface area contributed by atoms with Crippen molar-refractivity contribution in [3.63, 3.8) is 0 Å². The summed E-state index contributed by atoms with van der Waals surface area (Å²) in [6.45, 7) is 4.83. The van der Waals surface area contributed by atoms with Gasteiger partial charge in [0.25, 0.3) is 0 Å². The number of piperidine rings is 1. The van der Waals surface area contributed by atoms with Crippen molar-refractivity contribution >= 4 is 23.7 Å². The molecule has 0 aromatic rings. The number of aliphatic imine (C=N–C) groups is 1. The number of nitrogens with zero attached hydrogens (tertiary/aromatic N) is 4. The minimum absolute atomic E-state index is 0.00946.